The first-order valence-corrected chi connectivity index (χ1v) is 4.50. The standard InChI is InChI=1S/C10H9N3O3/c1-16-8-4-2-7(3-5-8)13-6-11-9(12-13)10(14)15/h2-6H,1H3,(H,14,15). The molecule has 1 heterocycles. The predicted molar refractivity (Wildman–Crippen MR) is 54.9 cm³/mol. The maximum absolute atomic E-state index is 10.6. The second-order valence-electron chi connectivity index (χ2n) is 3.02. The lowest BCUT2D eigenvalue weighted by Gasteiger charge is -2.01. The Bertz CT molecular complexity index is 504. The van der Waals surface area contributed by atoms with Crippen molar-refractivity contribution in [2.24, 2.45) is 0 Å². The molecular formula is C10H9N3O3. The number of carboxylic acid groups (broad SMARTS) is 1. The van der Waals surface area contributed by atoms with Crippen molar-refractivity contribution in [1.29, 1.82) is 0 Å². The molecule has 1 aromatic heterocycles. The highest BCUT2D eigenvalue weighted by Crippen LogP contribution is 2.13. The maximum atomic E-state index is 10.6. The fraction of sp³-hybridized carbons (Fsp3) is 0.100. The number of aromatic nitrogens is 3. The SMILES string of the molecule is COc1ccc(-n2cnc(C(=O)O)n2)cc1. The van der Waals surface area contributed by atoms with Crippen LogP contribution in [0.5, 0.6) is 5.75 Å². The minimum Gasteiger partial charge on any atom is -0.497 e. The van der Waals surface area contributed by atoms with E-state index in [1.165, 1.54) is 11.0 Å². The fourth-order valence-corrected chi connectivity index (χ4v) is 1.22. The predicted octanol–water partition coefficient (Wildman–Crippen LogP) is 0.974. The number of hydrogen-bond acceptors (Lipinski definition) is 4. The Hall–Kier alpha value is -2.37. The van der Waals surface area contributed by atoms with Crippen molar-refractivity contribution in [2.75, 3.05) is 7.11 Å². The molecule has 16 heavy (non-hydrogen) atoms. The van der Waals surface area contributed by atoms with Gasteiger partial charge in [0.25, 0.3) is 5.82 Å². The molecule has 0 fully saturated rings. The highest BCUT2D eigenvalue weighted by Gasteiger charge is 2.09. The summed E-state index contributed by atoms with van der Waals surface area (Å²) in [5.74, 6) is -0.648. The van der Waals surface area contributed by atoms with Crippen molar-refractivity contribution < 1.29 is 14.6 Å². The molecule has 1 N–H and O–H groups in total. The molecule has 6 heteroatoms. The Balaban J connectivity index is 2.31. The van der Waals surface area contributed by atoms with Crippen LogP contribution in [0.25, 0.3) is 5.69 Å². The molecule has 0 atom stereocenters. The lowest BCUT2D eigenvalue weighted by atomic mass is 10.3. The molecule has 2 aromatic rings. The topological polar surface area (TPSA) is 77.2 Å². The zero-order valence-electron chi connectivity index (χ0n) is 8.49. The van der Waals surface area contributed by atoms with Crippen molar-refractivity contribution in [1.82, 2.24) is 14.8 Å². The summed E-state index contributed by atoms with van der Waals surface area (Å²) in [5.41, 5.74) is 0.723. The molecular weight excluding hydrogens is 210 g/mol. The van der Waals surface area contributed by atoms with Gasteiger partial charge in [0.15, 0.2) is 0 Å². The van der Waals surface area contributed by atoms with Crippen LogP contribution in [0.1, 0.15) is 10.6 Å². The minimum atomic E-state index is -1.15. The first kappa shape index (κ1) is 10.2. The lowest BCUT2D eigenvalue weighted by molar-refractivity contribution is 0.0683. The van der Waals surface area contributed by atoms with Gasteiger partial charge in [-0.2, -0.15) is 0 Å². The summed E-state index contributed by atoms with van der Waals surface area (Å²) in [4.78, 5) is 14.2. The van der Waals surface area contributed by atoms with Crippen LogP contribution in [0.4, 0.5) is 0 Å². The summed E-state index contributed by atoms with van der Waals surface area (Å²) in [5, 5.41) is 12.5. The van der Waals surface area contributed by atoms with E-state index < -0.39 is 5.97 Å². The molecule has 0 bridgehead atoms. The van der Waals surface area contributed by atoms with E-state index in [0.717, 1.165) is 11.4 Å². The number of carbonyl (C=O) groups is 1. The Labute approximate surface area is 91.1 Å². The number of carboxylic acids is 1. The molecule has 0 aliphatic heterocycles. The second kappa shape index (κ2) is 4.01. The molecule has 0 spiro atoms. The highest BCUT2D eigenvalue weighted by atomic mass is 16.5. The zero-order valence-corrected chi connectivity index (χ0v) is 8.49. The normalized spacial score (nSPS) is 10.1. The van der Waals surface area contributed by atoms with Gasteiger partial charge in [-0.1, -0.05) is 0 Å². The van der Waals surface area contributed by atoms with Crippen LogP contribution < -0.4 is 4.74 Å². The lowest BCUT2D eigenvalue weighted by Crippen LogP contribution is -2.01. The summed E-state index contributed by atoms with van der Waals surface area (Å²) in [6.45, 7) is 0. The van der Waals surface area contributed by atoms with Gasteiger partial charge >= 0.3 is 5.97 Å². The molecule has 0 aliphatic carbocycles. The van der Waals surface area contributed by atoms with Crippen LogP contribution in [-0.4, -0.2) is 33.0 Å². The van der Waals surface area contributed by atoms with Crippen molar-refractivity contribution >= 4 is 5.97 Å². The molecule has 0 aliphatic rings. The summed E-state index contributed by atoms with van der Waals surface area (Å²) < 4.78 is 6.40. The van der Waals surface area contributed by atoms with Crippen LogP contribution in [0.2, 0.25) is 0 Å². The van der Waals surface area contributed by atoms with Gasteiger partial charge in [0, 0.05) is 0 Å². The van der Waals surface area contributed by atoms with Crippen LogP contribution >= 0.6 is 0 Å². The van der Waals surface area contributed by atoms with E-state index in [0.29, 0.717) is 0 Å². The Morgan fingerprint density at radius 3 is 2.56 bits per heavy atom. The van der Waals surface area contributed by atoms with Crippen LogP contribution in [-0.2, 0) is 0 Å². The summed E-state index contributed by atoms with van der Waals surface area (Å²) in [6.07, 6.45) is 1.35. The van der Waals surface area contributed by atoms with Gasteiger partial charge in [-0.15, -0.1) is 5.10 Å². The summed E-state index contributed by atoms with van der Waals surface area (Å²) in [7, 11) is 1.58. The Morgan fingerprint density at radius 2 is 2.06 bits per heavy atom. The fourth-order valence-electron chi connectivity index (χ4n) is 1.22. The summed E-state index contributed by atoms with van der Waals surface area (Å²) in [6, 6.07) is 7.05. The molecule has 6 nitrogen and oxygen atoms in total. The summed E-state index contributed by atoms with van der Waals surface area (Å²) >= 11 is 0. The molecule has 0 radical (unpaired) electrons. The molecule has 0 saturated carbocycles. The molecule has 2 rings (SSSR count). The number of hydrogen-bond donors (Lipinski definition) is 1. The van der Waals surface area contributed by atoms with Gasteiger partial charge in [0.1, 0.15) is 12.1 Å². The van der Waals surface area contributed by atoms with Gasteiger partial charge in [-0.3, -0.25) is 0 Å². The molecule has 1 aromatic carbocycles. The maximum Gasteiger partial charge on any atom is 0.375 e. The van der Waals surface area contributed by atoms with Crippen molar-refractivity contribution in [2.45, 2.75) is 0 Å². The largest absolute Gasteiger partial charge is 0.497 e. The van der Waals surface area contributed by atoms with Gasteiger partial charge in [0.05, 0.1) is 12.8 Å². The highest BCUT2D eigenvalue weighted by molar-refractivity contribution is 5.82. The van der Waals surface area contributed by atoms with Crippen molar-refractivity contribution in [3.8, 4) is 11.4 Å². The number of ether oxygens (including phenoxy) is 1. The Kier molecular flexibility index (Phi) is 2.55. The first-order chi connectivity index (χ1) is 7.70. The third kappa shape index (κ3) is 1.85. The van der Waals surface area contributed by atoms with E-state index in [9.17, 15) is 4.79 Å². The van der Waals surface area contributed by atoms with E-state index >= 15 is 0 Å². The smallest absolute Gasteiger partial charge is 0.375 e. The number of methoxy groups -OCH3 is 1. The molecule has 0 unspecified atom stereocenters. The van der Waals surface area contributed by atoms with Gasteiger partial charge < -0.3 is 9.84 Å². The minimum absolute atomic E-state index is 0.226. The van der Waals surface area contributed by atoms with Crippen molar-refractivity contribution in [3.05, 3.63) is 36.4 Å². The van der Waals surface area contributed by atoms with E-state index in [4.69, 9.17) is 9.84 Å². The second-order valence-corrected chi connectivity index (χ2v) is 3.02. The first-order valence-electron chi connectivity index (χ1n) is 4.50. The third-order valence-electron chi connectivity index (χ3n) is 2.02. The average molecular weight is 219 g/mol. The number of aromatic carboxylic acids is 1. The average Bonchev–Trinajstić information content (AvgIpc) is 2.78. The van der Waals surface area contributed by atoms with Crippen LogP contribution in [0.15, 0.2) is 30.6 Å². The van der Waals surface area contributed by atoms with Crippen LogP contribution in [0, 0.1) is 0 Å². The van der Waals surface area contributed by atoms with E-state index in [-0.39, 0.29) is 5.82 Å². The quantitative estimate of drug-likeness (QED) is 0.832. The van der Waals surface area contributed by atoms with Gasteiger partial charge in [-0.25, -0.2) is 14.5 Å². The Morgan fingerprint density at radius 1 is 1.38 bits per heavy atom. The molecule has 82 valence electrons. The van der Waals surface area contributed by atoms with E-state index in [1.54, 1.807) is 31.4 Å². The number of nitrogens with zero attached hydrogens (tertiary/aromatic N) is 3. The third-order valence-corrected chi connectivity index (χ3v) is 2.02. The number of benzene rings is 1. The van der Waals surface area contributed by atoms with Crippen LogP contribution in [0.3, 0.4) is 0 Å². The van der Waals surface area contributed by atoms with Crippen molar-refractivity contribution in [3.63, 3.8) is 0 Å². The van der Waals surface area contributed by atoms with E-state index in [2.05, 4.69) is 10.1 Å². The van der Waals surface area contributed by atoms with Gasteiger partial charge in [0.2, 0.25) is 0 Å². The van der Waals surface area contributed by atoms with E-state index in [1.807, 2.05) is 0 Å². The zero-order chi connectivity index (χ0) is 11.5. The molecule has 0 saturated heterocycles. The molecule has 0 amide bonds. The number of rotatable bonds is 3. The van der Waals surface area contributed by atoms with Gasteiger partial charge in [-0.05, 0) is 24.3 Å². The monoisotopic (exact) mass is 219 g/mol.